The van der Waals surface area contributed by atoms with Crippen LogP contribution in [0.1, 0.15) is 30.3 Å². The Bertz CT molecular complexity index is 706. The van der Waals surface area contributed by atoms with Gasteiger partial charge in [-0.25, -0.2) is 9.78 Å². The SMILES string of the molecule is CC(C)C(NC(=O)NCc1cccnc1OCC(F)(F)F)c1cccs1. The summed E-state index contributed by atoms with van der Waals surface area (Å²) in [6, 6.07) is 6.41. The van der Waals surface area contributed by atoms with Crippen LogP contribution < -0.4 is 15.4 Å². The minimum atomic E-state index is -4.45. The molecule has 0 aliphatic heterocycles. The molecule has 26 heavy (non-hydrogen) atoms. The van der Waals surface area contributed by atoms with E-state index in [1.807, 2.05) is 31.4 Å². The van der Waals surface area contributed by atoms with Crippen molar-refractivity contribution in [3.8, 4) is 5.88 Å². The van der Waals surface area contributed by atoms with Gasteiger partial charge >= 0.3 is 12.2 Å². The van der Waals surface area contributed by atoms with Gasteiger partial charge in [-0.05, 0) is 23.4 Å². The zero-order valence-corrected chi connectivity index (χ0v) is 15.2. The number of nitrogens with zero attached hydrogens (tertiary/aromatic N) is 1. The van der Waals surface area contributed by atoms with Gasteiger partial charge < -0.3 is 15.4 Å². The first-order valence-corrected chi connectivity index (χ1v) is 8.85. The topological polar surface area (TPSA) is 63.2 Å². The second-order valence-corrected chi connectivity index (χ2v) is 6.91. The van der Waals surface area contributed by atoms with Crippen molar-refractivity contribution < 1.29 is 22.7 Å². The highest BCUT2D eigenvalue weighted by molar-refractivity contribution is 7.10. The van der Waals surface area contributed by atoms with Gasteiger partial charge in [0.05, 0.1) is 6.04 Å². The normalized spacial score (nSPS) is 12.7. The lowest BCUT2D eigenvalue weighted by Crippen LogP contribution is -2.39. The zero-order valence-electron chi connectivity index (χ0n) is 14.3. The van der Waals surface area contributed by atoms with Crippen LogP contribution >= 0.6 is 11.3 Å². The van der Waals surface area contributed by atoms with Crippen molar-refractivity contribution in [3.63, 3.8) is 0 Å². The van der Waals surface area contributed by atoms with Crippen LogP contribution in [0.5, 0.6) is 5.88 Å². The molecule has 142 valence electrons. The fraction of sp³-hybridized carbons (Fsp3) is 0.412. The second-order valence-electron chi connectivity index (χ2n) is 5.94. The van der Waals surface area contributed by atoms with Gasteiger partial charge in [0.25, 0.3) is 0 Å². The first kappa shape index (κ1) is 20.0. The van der Waals surface area contributed by atoms with Crippen molar-refractivity contribution in [2.45, 2.75) is 32.6 Å². The summed E-state index contributed by atoms with van der Waals surface area (Å²) in [4.78, 5) is 17.0. The lowest BCUT2D eigenvalue weighted by molar-refractivity contribution is -0.154. The number of carbonyl (C=O) groups is 1. The smallest absolute Gasteiger partial charge is 0.422 e. The van der Waals surface area contributed by atoms with E-state index in [2.05, 4.69) is 15.6 Å². The number of hydrogen-bond acceptors (Lipinski definition) is 4. The number of nitrogens with one attached hydrogen (secondary N) is 2. The van der Waals surface area contributed by atoms with Crippen molar-refractivity contribution in [1.29, 1.82) is 0 Å². The van der Waals surface area contributed by atoms with Crippen molar-refractivity contribution in [1.82, 2.24) is 15.6 Å². The number of thiophene rings is 1. The van der Waals surface area contributed by atoms with Crippen LogP contribution in [0.4, 0.5) is 18.0 Å². The van der Waals surface area contributed by atoms with Gasteiger partial charge in [0.15, 0.2) is 6.61 Å². The minimum absolute atomic E-state index is 0.00210. The second kappa shape index (κ2) is 8.88. The van der Waals surface area contributed by atoms with Crippen molar-refractivity contribution in [2.75, 3.05) is 6.61 Å². The van der Waals surface area contributed by atoms with Gasteiger partial charge in [-0.3, -0.25) is 0 Å². The van der Waals surface area contributed by atoms with E-state index < -0.39 is 18.8 Å². The standard InChI is InChI=1S/C17H20F3N3O2S/c1-11(2)14(13-6-4-8-26-13)23-16(24)22-9-12-5-3-7-21-15(12)25-10-17(18,19)20/h3-8,11,14H,9-10H2,1-2H3,(H2,22,23,24). The van der Waals surface area contributed by atoms with Crippen LogP contribution in [0.3, 0.4) is 0 Å². The van der Waals surface area contributed by atoms with E-state index in [1.165, 1.54) is 6.20 Å². The molecule has 2 amide bonds. The molecule has 0 radical (unpaired) electrons. The summed E-state index contributed by atoms with van der Waals surface area (Å²) < 4.78 is 41.6. The third kappa shape index (κ3) is 6.21. The van der Waals surface area contributed by atoms with E-state index in [9.17, 15) is 18.0 Å². The summed E-state index contributed by atoms with van der Waals surface area (Å²) in [6.45, 7) is 2.56. The molecule has 0 fully saturated rings. The van der Waals surface area contributed by atoms with Crippen LogP contribution in [0.25, 0.3) is 0 Å². The Kier molecular flexibility index (Phi) is 6.84. The first-order chi connectivity index (χ1) is 12.3. The van der Waals surface area contributed by atoms with Crippen LogP contribution in [0, 0.1) is 5.92 Å². The molecule has 0 bridgehead atoms. The van der Waals surface area contributed by atoms with E-state index in [1.54, 1.807) is 23.5 Å². The molecule has 2 heterocycles. The Balaban J connectivity index is 1.94. The van der Waals surface area contributed by atoms with Gasteiger partial charge in [-0.15, -0.1) is 11.3 Å². The van der Waals surface area contributed by atoms with Crippen LogP contribution in [-0.4, -0.2) is 23.8 Å². The number of aromatic nitrogens is 1. The van der Waals surface area contributed by atoms with E-state index >= 15 is 0 Å². The number of ether oxygens (including phenoxy) is 1. The number of urea groups is 1. The quantitative estimate of drug-likeness (QED) is 0.745. The van der Waals surface area contributed by atoms with E-state index in [4.69, 9.17) is 4.74 Å². The summed E-state index contributed by atoms with van der Waals surface area (Å²) in [5, 5.41) is 7.46. The summed E-state index contributed by atoms with van der Waals surface area (Å²) in [6.07, 6.45) is -3.12. The van der Waals surface area contributed by atoms with Gasteiger partial charge in [0.1, 0.15) is 0 Å². The molecular formula is C17H20F3N3O2S. The molecule has 1 unspecified atom stereocenters. The number of carbonyl (C=O) groups excluding carboxylic acids is 1. The Morgan fingerprint density at radius 3 is 2.69 bits per heavy atom. The predicted octanol–water partition coefficient (Wildman–Crippen LogP) is 4.28. The Morgan fingerprint density at radius 1 is 1.31 bits per heavy atom. The molecule has 2 rings (SSSR count). The van der Waals surface area contributed by atoms with E-state index in [0.29, 0.717) is 5.56 Å². The summed E-state index contributed by atoms with van der Waals surface area (Å²) in [5.74, 6) is 0.0345. The molecular weight excluding hydrogens is 367 g/mol. The largest absolute Gasteiger partial charge is 0.468 e. The molecule has 0 saturated heterocycles. The van der Waals surface area contributed by atoms with Crippen molar-refractivity contribution >= 4 is 17.4 Å². The summed E-state index contributed by atoms with van der Waals surface area (Å²) in [5.41, 5.74) is 0.365. The molecule has 5 nitrogen and oxygen atoms in total. The fourth-order valence-electron chi connectivity index (χ4n) is 2.24. The molecule has 2 aromatic rings. The maximum atomic E-state index is 12.3. The van der Waals surface area contributed by atoms with Crippen LogP contribution in [0.15, 0.2) is 35.8 Å². The minimum Gasteiger partial charge on any atom is -0.468 e. The number of rotatable bonds is 7. The highest BCUT2D eigenvalue weighted by Gasteiger charge is 2.29. The Hall–Kier alpha value is -2.29. The number of amides is 2. The molecule has 1 atom stereocenters. The number of halogens is 3. The Morgan fingerprint density at radius 2 is 2.08 bits per heavy atom. The molecule has 2 aromatic heterocycles. The fourth-order valence-corrected chi connectivity index (χ4v) is 3.19. The number of pyridine rings is 1. The lowest BCUT2D eigenvalue weighted by atomic mass is 10.0. The van der Waals surface area contributed by atoms with Gasteiger partial charge in [0.2, 0.25) is 5.88 Å². The average Bonchev–Trinajstić information content (AvgIpc) is 3.10. The molecule has 9 heteroatoms. The first-order valence-electron chi connectivity index (χ1n) is 7.97. The number of hydrogen-bond donors (Lipinski definition) is 2. The molecule has 0 saturated carbocycles. The molecule has 0 aliphatic rings. The maximum absolute atomic E-state index is 12.3. The maximum Gasteiger partial charge on any atom is 0.422 e. The third-order valence-corrected chi connectivity index (χ3v) is 4.42. The summed E-state index contributed by atoms with van der Waals surface area (Å²) >= 11 is 1.55. The summed E-state index contributed by atoms with van der Waals surface area (Å²) in [7, 11) is 0. The van der Waals surface area contributed by atoms with E-state index in [0.717, 1.165) is 4.88 Å². The monoisotopic (exact) mass is 387 g/mol. The average molecular weight is 387 g/mol. The zero-order chi connectivity index (χ0) is 19.2. The molecule has 0 aromatic carbocycles. The Labute approximate surface area is 153 Å². The third-order valence-electron chi connectivity index (χ3n) is 3.46. The lowest BCUT2D eigenvalue weighted by Gasteiger charge is -2.21. The highest BCUT2D eigenvalue weighted by Crippen LogP contribution is 2.25. The van der Waals surface area contributed by atoms with Gasteiger partial charge in [0, 0.05) is 23.2 Å². The molecule has 0 spiro atoms. The van der Waals surface area contributed by atoms with Crippen LogP contribution in [-0.2, 0) is 6.54 Å². The molecule has 0 aliphatic carbocycles. The van der Waals surface area contributed by atoms with Crippen molar-refractivity contribution in [2.24, 2.45) is 5.92 Å². The van der Waals surface area contributed by atoms with E-state index in [-0.39, 0.29) is 24.4 Å². The molecule has 2 N–H and O–H groups in total. The predicted molar refractivity (Wildman–Crippen MR) is 93.1 cm³/mol. The van der Waals surface area contributed by atoms with Gasteiger partial charge in [-0.2, -0.15) is 13.2 Å². The van der Waals surface area contributed by atoms with Crippen LogP contribution in [0.2, 0.25) is 0 Å². The number of alkyl halides is 3. The van der Waals surface area contributed by atoms with Crippen molar-refractivity contribution in [3.05, 3.63) is 46.3 Å². The highest BCUT2D eigenvalue weighted by atomic mass is 32.1. The van der Waals surface area contributed by atoms with Gasteiger partial charge in [-0.1, -0.05) is 26.0 Å².